The van der Waals surface area contributed by atoms with Crippen molar-refractivity contribution < 1.29 is 23.9 Å². The fourth-order valence-electron chi connectivity index (χ4n) is 4.19. The molecule has 0 saturated carbocycles. The fourth-order valence-corrected chi connectivity index (χ4v) is 4.19. The highest BCUT2D eigenvalue weighted by molar-refractivity contribution is 5.88. The SMILES string of the molecule is CCOC(=O)C(CCc1ccccc1)NC(C)C(=O)N1CCCC1C(=O)OCc1ccccc1. The highest BCUT2D eigenvalue weighted by atomic mass is 16.5. The lowest BCUT2D eigenvalue weighted by atomic mass is 10.0. The average molecular weight is 467 g/mol. The van der Waals surface area contributed by atoms with Gasteiger partial charge < -0.3 is 14.4 Å². The topological polar surface area (TPSA) is 84.9 Å². The molecule has 1 aliphatic rings. The summed E-state index contributed by atoms with van der Waals surface area (Å²) in [5.41, 5.74) is 2.01. The van der Waals surface area contributed by atoms with Gasteiger partial charge in [-0.25, -0.2) is 4.79 Å². The summed E-state index contributed by atoms with van der Waals surface area (Å²) < 4.78 is 10.7. The van der Waals surface area contributed by atoms with Crippen LogP contribution >= 0.6 is 0 Å². The van der Waals surface area contributed by atoms with Crippen LogP contribution in [0.1, 0.15) is 44.2 Å². The second kappa shape index (κ2) is 12.9. The van der Waals surface area contributed by atoms with Crippen LogP contribution in [0.2, 0.25) is 0 Å². The Balaban J connectivity index is 1.59. The van der Waals surface area contributed by atoms with E-state index in [2.05, 4.69) is 5.32 Å². The molecule has 1 amide bonds. The van der Waals surface area contributed by atoms with Gasteiger partial charge in [0, 0.05) is 6.54 Å². The predicted octanol–water partition coefficient (Wildman–Crippen LogP) is 3.26. The van der Waals surface area contributed by atoms with E-state index in [1.54, 1.807) is 18.7 Å². The Morgan fingerprint density at radius 1 is 1.00 bits per heavy atom. The Hall–Kier alpha value is -3.19. The molecule has 0 spiro atoms. The molecule has 1 heterocycles. The van der Waals surface area contributed by atoms with Gasteiger partial charge in [0.25, 0.3) is 0 Å². The number of carbonyl (C=O) groups excluding carboxylic acids is 3. The Bertz CT molecular complexity index is 935. The second-order valence-corrected chi connectivity index (χ2v) is 8.50. The largest absolute Gasteiger partial charge is 0.465 e. The predicted molar refractivity (Wildman–Crippen MR) is 129 cm³/mol. The molecule has 0 aromatic heterocycles. The van der Waals surface area contributed by atoms with Crippen LogP contribution in [-0.2, 0) is 36.9 Å². The van der Waals surface area contributed by atoms with Crippen LogP contribution in [0, 0.1) is 0 Å². The molecule has 1 N–H and O–H groups in total. The third-order valence-corrected chi connectivity index (χ3v) is 5.99. The van der Waals surface area contributed by atoms with Gasteiger partial charge >= 0.3 is 11.9 Å². The van der Waals surface area contributed by atoms with Gasteiger partial charge in [-0.15, -0.1) is 0 Å². The Morgan fingerprint density at radius 2 is 1.65 bits per heavy atom. The van der Waals surface area contributed by atoms with Crippen molar-refractivity contribution in [1.82, 2.24) is 10.2 Å². The summed E-state index contributed by atoms with van der Waals surface area (Å²) >= 11 is 0. The van der Waals surface area contributed by atoms with E-state index in [0.717, 1.165) is 17.5 Å². The van der Waals surface area contributed by atoms with E-state index in [1.165, 1.54) is 0 Å². The molecule has 7 heteroatoms. The Morgan fingerprint density at radius 3 is 2.29 bits per heavy atom. The van der Waals surface area contributed by atoms with Crippen LogP contribution in [0.3, 0.4) is 0 Å². The number of nitrogens with zero attached hydrogens (tertiary/aromatic N) is 1. The molecule has 0 aliphatic carbocycles. The first-order valence-electron chi connectivity index (χ1n) is 12.0. The number of ether oxygens (including phenoxy) is 2. The van der Waals surface area contributed by atoms with Crippen LogP contribution in [0.25, 0.3) is 0 Å². The minimum absolute atomic E-state index is 0.177. The van der Waals surface area contributed by atoms with Gasteiger partial charge in [0.05, 0.1) is 12.6 Å². The third kappa shape index (κ3) is 7.15. The number of hydrogen-bond donors (Lipinski definition) is 1. The summed E-state index contributed by atoms with van der Waals surface area (Å²) in [5, 5.41) is 3.15. The summed E-state index contributed by atoms with van der Waals surface area (Å²) in [6.45, 7) is 4.42. The van der Waals surface area contributed by atoms with Crippen LogP contribution in [0.4, 0.5) is 0 Å². The lowest BCUT2D eigenvalue weighted by molar-refractivity contribution is -0.155. The molecule has 7 nitrogen and oxygen atoms in total. The Kier molecular flexibility index (Phi) is 9.64. The summed E-state index contributed by atoms with van der Waals surface area (Å²) in [4.78, 5) is 40.1. The molecule has 3 atom stereocenters. The first-order valence-corrected chi connectivity index (χ1v) is 12.0. The Labute approximate surface area is 201 Å². The molecule has 1 aliphatic heterocycles. The number of hydrogen-bond acceptors (Lipinski definition) is 6. The van der Waals surface area contributed by atoms with Crippen LogP contribution in [-0.4, -0.2) is 54.0 Å². The van der Waals surface area contributed by atoms with E-state index in [-0.39, 0.29) is 25.1 Å². The highest BCUT2D eigenvalue weighted by Crippen LogP contribution is 2.20. The molecule has 0 radical (unpaired) electrons. The lowest BCUT2D eigenvalue weighted by Crippen LogP contribution is -2.53. The summed E-state index contributed by atoms with van der Waals surface area (Å²) in [5.74, 6) is -0.987. The molecule has 2 aromatic carbocycles. The van der Waals surface area contributed by atoms with Crippen LogP contribution in [0.15, 0.2) is 60.7 Å². The van der Waals surface area contributed by atoms with Gasteiger partial charge in [0.15, 0.2) is 0 Å². The van der Waals surface area contributed by atoms with E-state index in [4.69, 9.17) is 9.47 Å². The number of benzene rings is 2. The number of amides is 1. The summed E-state index contributed by atoms with van der Waals surface area (Å²) in [6, 6.07) is 17.5. The second-order valence-electron chi connectivity index (χ2n) is 8.50. The fraction of sp³-hybridized carbons (Fsp3) is 0.444. The zero-order valence-electron chi connectivity index (χ0n) is 19.9. The van der Waals surface area contributed by atoms with Crippen LogP contribution < -0.4 is 5.32 Å². The van der Waals surface area contributed by atoms with Crippen molar-refractivity contribution in [2.45, 2.75) is 64.3 Å². The minimum atomic E-state index is -0.646. The van der Waals surface area contributed by atoms with Crippen molar-refractivity contribution in [1.29, 1.82) is 0 Å². The maximum absolute atomic E-state index is 13.2. The average Bonchev–Trinajstić information content (AvgIpc) is 3.36. The number of likely N-dealkylation sites (tertiary alicyclic amines) is 1. The van der Waals surface area contributed by atoms with Crippen molar-refractivity contribution in [3.63, 3.8) is 0 Å². The quantitative estimate of drug-likeness (QED) is 0.512. The van der Waals surface area contributed by atoms with E-state index in [0.29, 0.717) is 25.8 Å². The molecule has 2 aromatic rings. The molecule has 0 bridgehead atoms. The molecule has 1 saturated heterocycles. The monoisotopic (exact) mass is 466 g/mol. The van der Waals surface area contributed by atoms with Crippen molar-refractivity contribution in [3.8, 4) is 0 Å². The number of rotatable bonds is 11. The van der Waals surface area contributed by atoms with Crippen molar-refractivity contribution >= 4 is 17.8 Å². The molecule has 3 rings (SSSR count). The standard InChI is InChI=1S/C27H34N2O5/c1-3-33-26(31)23(17-16-21-11-6-4-7-12-21)28-20(2)25(30)29-18-10-15-24(29)27(32)34-19-22-13-8-5-9-14-22/h4-9,11-14,20,23-24,28H,3,10,15-19H2,1-2H3. The first kappa shape index (κ1) is 25.4. The van der Waals surface area contributed by atoms with E-state index in [1.807, 2.05) is 60.7 Å². The smallest absolute Gasteiger partial charge is 0.329 e. The maximum atomic E-state index is 13.2. The number of nitrogens with one attached hydrogen (secondary N) is 1. The van der Waals surface area contributed by atoms with Gasteiger partial charge in [-0.05, 0) is 50.7 Å². The van der Waals surface area contributed by atoms with E-state index >= 15 is 0 Å². The van der Waals surface area contributed by atoms with E-state index in [9.17, 15) is 14.4 Å². The number of esters is 2. The zero-order valence-corrected chi connectivity index (χ0v) is 19.9. The van der Waals surface area contributed by atoms with Gasteiger partial charge in [0.1, 0.15) is 18.7 Å². The summed E-state index contributed by atoms with van der Waals surface area (Å²) in [7, 11) is 0. The molecule has 182 valence electrons. The van der Waals surface area contributed by atoms with Crippen molar-refractivity contribution in [2.75, 3.05) is 13.2 Å². The van der Waals surface area contributed by atoms with Crippen molar-refractivity contribution in [2.24, 2.45) is 0 Å². The highest BCUT2D eigenvalue weighted by Gasteiger charge is 2.38. The van der Waals surface area contributed by atoms with Gasteiger partial charge in [-0.1, -0.05) is 60.7 Å². The van der Waals surface area contributed by atoms with E-state index < -0.39 is 24.1 Å². The first-order chi connectivity index (χ1) is 16.5. The maximum Gasteiger partial charge on any atom is 0.329 e. The minimum Gasteiger partial charge on any atom is -0.465 e. The summed E-state index contributed by atoms with van der Waals surface area (Å²) in [6.07, 6.45) is 2.49. The normalized spacial score (nSPS) is 17.1. The molecular formula is C27H34N2O5. The van der Waals surface area contributed by atoms with Gasteiger partial charge in [-0.2, -0.15) is 0 Å². The van der Waals surface area contributed by atoms with Gasteiger partial charge in [0.2, 0.25) is 5.91 Å². The van der Waals surface area contributed by atoms with Crippen molar-refractivity contribution in [3.05, 3.63) is 71.8 Å². The van der Waals surface area contributed by atoms with Crippen LogP contribution in [0.5, 0.6) is 0 Å². The molecular weight excluding hydrogens is 432 g/mol. The zero-order chi connectivity index (χ0) is 24.3. The molecule has 3 unspecified atom stereocenters. The number of aryl methyl sites for hydroxylation is 1. The van der Waals surface area contributed by atoms with Gasteiger partial charge in [-0.3, -0.25) is 14.9 Å². The third-order valence-electron chi connectivity index (χ3n) is 5.99. The molecule has 34 heavy (non-hydrogen) atoms. The lowest BCUT2D eigenvalue weighted by Gasteiger charge is -2.28. The number of carbonyl (C=O) groups is 3. The molecule has 1 fully saturated rings.